The van der Waals surface area contributed by atoms with E-state index in [2.05, 4.69) is 10.1 Å². The van der Waals surface area contributed by atoms with Gasteiger partial charge in [0.05, 0.1) is 0 Å². The number of pyridine rings is 1. The van der Waals surface area contributed by atoms with E-state index in [1.165, 1.54) is 18.3 Å². The minimum atomic E-state index is -4.33. The van der Waals surface area contributed by atoms with Crippen molar-refractivity contribution >= 4 is 5.97 Å². The fourth-order valence-electron chi connectivity index (χ4n) is 2.10. The first kappa shape index (κ1) is 16.2. The maximum atomic E-state index is 13.5. The third-order valence-electron chi connectivity index (χ3n) is 3.82. The van der Waals surface area contributed by atoms with Crippen molar-refractivity contribution in [2.75, 3.05) is 6.61 Å². The van der Waals surface area contributed by atoms with Gasteiger partial charge in [-0.3, -0.25) is 0 Å². The van der Waals surface area contributed by atoms with E-state index in [4.69, 9.17) is 9.84 Å². The molecule has 6 nitrogen and oxygen atoms in total. The summed E-state index contributed by atoms with van der Waals surface area (Å²) in [6.45, 7) is -0.534. The molecule has 1 aliphatic rings. The maximum Gasteiger partial charge on any atom is 0.397 e. The van der Waals surface area contributed by atoms with Gasteiger partial charge in [-0.25, -0.2) is 9.48 Å². The van der Waals surface area contributed by atoms with Gasteiger partial charge >= 0.3 is 12.1 Å². The van der Waals surface area contributed by atoms with E-state index in [1.807, 2.05) is 0 Å². The first-order valence-electron chi connectivity index (χ1n) is 6.87. The van der Waals surface area contributed by atoms with Crippen LogP contribution in [0.15, 0.2) is 24.4 Å². The molecule has 1 saturated carbocycles. The molecule has 2 heterocycles. The van der Waals surface area contributed by atoms with Gasteiger partial charge in [0.1, 0.15) is 17.6 Å². The molecule has 2 aromatic heterocycles. The molecular formula is C14H11F4N3O3. The summed E-state index contributed by atoms with van der Waals surface area (Å²) < 4.78 is 58.1. The number of hydrogen-bond acceptors (Lipinski definition) is 4. The van der Waals surface area contributed by atoms with Crippen molar-refractivity contribution in [1.29, 1.82) is 0 Å². The zero-order valence-corrected chi connectivity index (χ0v) is 12.0. The molecule has 1 aliphatic carbocycles. The summed E-state index contributed by atoms with van der Waals surface area (Å²) in [6.07, 6.45) is -2.97. The van der Waals surface area contributed by atoms with Crippen LogP contribution in [0.4, 0.5) is 17.6 Å². The van der Waals surface area contributed by atoms with Crippen molar-refractivity contribution in [2.24, 2.45) is 5.41 Å². The van der Waals surface area contributed by atoms with Gasteiger partial charge in [-0.05, 0) is 25.0 Å². The highest BCUT2D eigenvalue weighted by atomic mass is 19.4. The summed E-state index contributed by atoms with van der Waals surface area (Å²) >= 11 is 0. The lowest BCUT2D eigenvalue weighted by molar-refractivity contribution is -0.194. The monoisotopic (exact) mass is 345 g/mol. The van der Waals surface area contributed by atoms with E-state index < -0.39 is 35.7 Å². The highest BCUT2D eigenvalue weighted by Gasteiger charge is 2.63. The molecule has 0 atom stereocenters. The molecule has 0 spiro atoms. The number of alkyl halides is 3. The fraction of sp³-hybridized carbons (Fsp3) is 0.357. The molecule has 0 radical (unpaired) electrons. The molecule has 1 fully saturated rings. The second kappa shape index (κ2) is 5.46. The number of rotatable bonds is 5. The normalized spacial score (nSPS) is 16.0. The Morgan fingerprint density at radius 2 is 2.04 bits per heavy atom. The lowest BCUT2D eigenvalue weighted by Gasteiger charge is -2.18. The Morgan fingerprint density at radius 1 is 1.33 bits per heavy atom. The predicted octanol–water partition coefficient (Wildman–Crippen LogP) is 2.83. The Bertz CT molecular complexity index is 784. The summed E-state index contributed by atoms with van der Waals surface area (Å²) in [7, 11) is 0. The Kier molecular flexibility index (Phi) is 3.69. The third-order valence-corrected chi connectivity index (χ3v) is 3.82. The molecule has 10 heteroatoms. The van der Waals surface area contributed by atoms with Crippen LogP contribution in [0, 0.1) is 11.4 Å². The first-order chi connectivity index (χ1) is 11.2. The minimum Gasteiger partial charge on any atom is -0.478 e. The van der Waals surface area contributed by atoms with Crippen LogP contribution in [0.1, 0.15) is 23.2 Å². The second-order valence-electron chi connectivity index (χ2n) is 5.48. The number of ether oxygens (including phenoxy) is 1. The number of aromatic carboxylic acids is 1. The minimum absolute atomic E-state index is 0.0145. The fourth-order valence-corrected chi connectivity index (χ4v) is 2.10. The molecule has 0 aliphatic heterocycles. The van der Waals surface area contributed by atoms with Crippen LogP contribution in [0.5, 0.6) is 5.88 Å². The summed E-state index contributed by atoms with van der Waals surface area (Å²) in [4.78, 5) is 14.2. The number of carbonyl (C=O) groups is 1. The molecule has 1 N–H and O–H groups in total. The highest BCUT2D eigenvalue weighted by molar-refractivity contribution is 5.87. The molecule has 0 aromatic carbocycles. The molecular weight excluding hydrogens is 334 g/mol. The zero-order valence-electron chi connectivity index (χ0n) is 12.0. The smallest absolute Gasteiger partial charge is 0.397 e. The topological polar surface area (TPSA) is 77.2 Å². The maximum absolute atomic E-state index is 13.5. The van der Waals surface area contributed by atoms with E-state index >= 15 is 0 Å². The van der Waals surface area contributed by atoms with Crippen LogP contribution >= 0.6 is 0 Å². The number of aromatic nitrogens is 3. The Labute approximate surface area is 132 Å². The molecule has 24 heavy (non-hydrogen) atoms. The van der Waals surface area contributed by atoms with Gasteiger partial charge in [-0.2, -0.15) is 22.5 Å². The predicted molar refractivity (Wildman–Crippen MR) is 71.5 cm³/mol. The molecule has 3 rings (SSSR count). The summed E-state index contributed by atoms with van der Waals surface area (Å²) in [5.74, 6) is -2.73. The van der Waals surface area contributed by atoms with Crippen molar-refractivity contribution in [3.05, 3.63) is 35.9 Å². The van der Waals surface area contributed by atoms with E-state index in [-0.39, 0.29) is 24.5 Å². The van der Waals surface area contributed by atoms with Crippen LogP contribution < -0.4 is 4.74 Å². The van der Waals surface area contributed by atoms with Crippen LogP contribution in [-0.4, -0.2) is 38.6 Å². The Balaban J connectivity index is 1.72. The van der Waals surface area contributed by atoms with E-state index in [1.54, 1.807) is 0 Å². The van der Waals surface area contributed by atoms with Gasteiger partial charge < -0.3 is 9.84 Å². The van der Waals surface area contributed by atoms with Crippen molar-refractivity contribution in [2.45, 2.75) is 19.0 Å². The molecule has 0 unspecified atom stereocenters. The molecule has 128 valence electrons. The lowest BCUT2D eigenvalue weighted by Crippen LogP contribution is -2.30. The van der Waals surface area contributed by atoms with Crippen LogP contribution in [-0.2, 0) is 0 Å². The van der Waals surface area contributed by atoms with Crippen LogP contribution in [0.2, 0.25) is 0 Å². The SMILES string of the molecule is O=C(O)c1ccc(-n2ccc(OCC3(C(F)(F)F)CC3)n2)nc1F. The number of carboxylic acid groups (broad SMARTS) is 1. The van der Waals surface area contributed by atoms with E-state index in [0.29, 0.717) is 0 Å². The third kappa shape index (κ3) is 2.91. The average molecular weight is 345 g/mol. The highest BCUT2D eigenvalue weighted by Crippen LogP contribution is 2.57. The van der Waals surface area contributed by atoms with Crippen molar-refractivity contribution in [1.82, 2.24) is 14.8 Å². The Hall–Kier alpha value is -2.65. The van der Waals surface area contributed by atoms with Gasteiger partial charge in [-0.15, -0.1) is 5.10 Å². The van der Waals surface area contributed by atoms with Crippen LogP contribution in [0.3, 0.4) is 0 Å². The standard InChI is InChI=1S/C14H11F4N3O3/c15-11-8(12(22)23)1-2-9(19-11)21-6-3-10(20-21)24-7-13(4-5-13)14(16,17)18/h1-3,6H,4-5,7H2,(H,22,23). The lowest BCUT2D eigenvalue weighted by atomic mass is 10.1. The number of nitrogens with zero attached hydrogens (tertiary/aromatic N) is 3. The number of hydrogen-bond donors (Lipinski definition) is 1. The Morgan fingerprint density at radius 3 is 2.58 bits per heavy atom. The van der Waals surface area contributed by atoms with Crippen molar-refractivity contribution < 1.29 is 32.2 Å². The summed E-state index contributed by atoms with van der Waals surface area (Å²) in [5.41, 5.74) is -2.41. The van der Waals surface area contributed by atoms with Gasteiger partial charge in [0, 0.05) is 12.3 Å². The molecule has 0 amide bonds. The molecule has 0 saturated heterocycles. The van der Waals surface area contributed by atoms with Gasteiger partial charge in [-0.1, -0.05) is 0 Å². The quantitative estimate of drug-likeness (QED) is 0.666. The number of halogens is 4. The van der Waals surface area contributed by atoms with Crippen LogP contribution in [0.25, 0.3) is 5.82 Å². The molecule has 0 bridgehead atoms. The second-order valence-corrected chi connectivity index (χ2v) is 5.48. The number of carboxylic acids is 1. The van der Waals surface area contributed by atoms with Gasteiger partial charge in [0.2, 0.25) is 11.8 Å². The van der Waals surface area contributed by atoms with Crippen molar-refractivity contribution in [3.63, 3.8) is 0 Å². The summed E-state index contributed by atoms with van der Waals surface area (Å²) in [5, 5.41) is 12.6. The van der Waals surface area contributed by atoms with Crippen molar-refractivity contribution in [3.8, 4) is 11.7 Å². The average Bonchev–Trinajstić information content (AvgIpc) is 3.16. The first-order valence-corrected chi connectivity index (χ1v) is 6.87. The van der Waals surface area contributed by atoms with E-state index in [9.17, 15) is 22.4 Å². The summed E-state index contributed by atoms with van der Waals surface area (Å²) in [6, 6.07) is 3.56. The van der Waals surface area contributed by atoms with Gasteiger partial charge in [0.25, 0.3) is 0 Å². The van der Waals surface area contributed by atoms with E-state index in [0.717, 1.165) is 10.7 Å². The largest absolute Gasteiger partial charge is 0.478 e. The zero-order chi connectivity index (χ0) is 17.5. The molecule has 2 aromatic rings. The van der Waals surface area contributed by atoms with Gasteiger partial charge in [0.15, 0.2) is 5.82 Å².